The number of halogens is 2. The highest BCUT2D eigenvalue weighted by molar-refractivity contribution is 14.1. The van der Waals surface area contributed by atoms with Crippen LogP contribution < -0.4 is 9.47 Å². The summed E-state index contributed by atoms with van der Waals surface area (Å²) in [6.07, 6.45) is 0. The molecule has 0 saturated carbocycles. The Morgan fingerprint density at radius 3 is 1.80 bits per heavy atom. The highest BCUT2D eigenvalue weighted by atomic mass is 127. The molecule has 0 atom stereocenters. The molecule has 4 aromatic carbocycles. The van der Waals surface area contributed by atoms with Crippen LogP contribution in [0.25, 0.3) is 0 Å². The first-order valence-corrected chi connectivity index (χ1v) is 12.0. The lowest BCUT2D eigenvalue weighted by Crippen LogP contribution is -2.07. The minimum absolute atomic E-state index is 0.0999. The van der Waals surface area contributed by atoms with Gasteiger partial charge in [-0.3, -0.25) is 0 Å². The summed E-state index contributed by atoms with van der Waals surface area (Å²) >= 11 is 8.41. The lowest BCUT2D eigenvalue weighted by molar-refractivity contribution is 0.120. The van der Waals surface area contributed by atoms with Gasteiger partial charge in [-0.2, -0.15) is 0 Å². The summed E-state index contributed by atoms with van der Waals surface area (Å²) in [6, 6.07) is 35.0. The van der Waals surface area contributed by atoms with E-state index < -0.39 is 0 Å². The molecule has 30 heavy (non-hydrogen) atoms. The predicted octanol–water partition coefficient (Wildman–Crippen LogP) is 7.46. The Morgan fingerprint density at radius 2 is 1.23 bits per heavy atom. The minimum Gasteiger partial charge on any atom is -0.457 e. The van der Waals surface area contributed by atoms with Crippen LogP contribution in [0.4, 0.5) is 0 Å². The third-order valence-corrected chi connectivity index (χ3v) is 7.55. The van der Waals surface area contributed by atoms with Gasteiger partial charge in [0, 0.05) is 3.57 Å². The summed E-state index contributed by atoms with van der Waals surface area (Å²) in [4.78, 5) is 3.81. The van der Waals surface area contributed by atoms with Crippen LogP contribution in [0.1, 0.15) is 0 Å². The van der Waals surface area contributed by atoms with E-state index in [0.717, 1.165) is 9.32 Å². The molecule has 2 nitrogen and oxygen atoms in total. The van der Waals surface area contributed by atoms with Gasteiger partial charge in [-0.15, -0.1) is 0 Å². The molecule has 0 aliphatic heterocycles. The van der Waals surface area contributed by atoms with Crippen molar-refractivity contribution in [3.05, 3.63) is 112 Å². The maximum Gasteiger partial charge on any atom is 0.230 e. The molecule has 0 saturated heterocycles. The summed E-state index contributed by atoms with van der Waals surface area (Å²) in [6.45, 7) is 0.0999. The van der Waals surface area contributed by atoms with Crippen molar-refractivity contribution in [3.63, 3.8) is 0 Å². The van der Waals surface area contributed by atoms with E-state index in [2.05, 4.69) is 83.3 Å². The number of hydrogen-bond donors (Lipinski definition) is 0. The van der Waals surface area contributed by atoms with E-state index >= 15 is 0 Å². The monoisotopic (exact) mass is 545 g/mol. The fourth-order valence-electron chi connectivity index (χ4n) is 2.95. The van der Waals surface area contributed by atoms with Crippen molar-refractivity contribution >= 4 is 45.1 Å². The van der Waals surface area contributed by atoms with E-state index in [1.807, 2.05) is 42.5 Å². The van der Waals surface area contributed by atoms with Crippen LogP contribution in [0.15, 0.2) is 118 Å². The topological polar surface area (TPSA) is 18.5 Å². The molecule has 4 aromatic rings. The lowest BCUT2D eigenvalue weighted by atomic mass is 10.3. The van der Waals surface area contributed by atoms with Crippen molar-refractivity contribution in [2.45, 2.75) is 14.7 Å². The van der Waals surface area contributed by atoms with Crippen molar-refractivity contribution in [1.82, 2.24) is 0 Å². The molecule has 0 N–H and O–H groups in total. The molecular weight excluding hydrogens is 527 g/mol. The normalized spacial score (nSPS) is 10.8. The molecule has 0 spiro atoms. The molecule has 0 aliphatic rings. The van der Waals surface area contributed by atoms with Crippen molar-refractivity contribution in [1.29, 1.82) is 0 Å². The second-order valence-corrected chi connectivity index (χ2v) is 10.1. The fourth-order valence-corrected chi connectivity index (χ4v) is 5.94. The smallest absolute Gasteiger partial charge is 0.230 e. The van der Waals surface area contributed by atoms with Crippen molar-refractivity contribution in [3.8, 4) is 11.5 Å². The van der Waals surface area contributed by atoms with Crippen LogP contribution in [-0.4, -0.2) is 6.79 Å². The standard InChI is InChI=1S/C25H19ClIO2S/c26-24-17-19(27)11-16-25(24)29-18-28-20-12-14-23(15-13-20)30(21-7-3-1-4-8-21)22-9-5-2-6-10-22/h1-17H,18H2/q+1. The second-order valence-electron chi connectivity index (χ2n) is 6.38. The average molecular weight is 546 g/mol. The Kier molecular flexibility index (Phi) is 7.20. The van der Waals surface area contributed by atoms with Gasteiger partial charge in [0.15, 0.2) is 14.7 Å². The Labute approximate surface area is 198 Å². The second kappa shape index (κ2) is 10.2. The largest absolute Gasteiger partial charge is 0.457 e. The lowest BCUT2D eigenvalue weighted by Gasteiger charge is -2.11. The van der Waals surface area contributed by atoms with Gasteiger partial charge in [0.1, 0.15) is 11.5 Å². The molecule has 0 bridgehead atoms. The number of hydrogen-bond acceptors (Lipinski definition) is 2. The van der Waals surface area contributed by atoms with Crippen LogP contribution >= 0.6 is 34.2 Å². The molecular formula is C25H19ClIO2S+. The van der Waals surface area contributed by atoms with Crippen LogP contribution in [0.3, 0.4) is 0 Å². The van der Waals surface area contributed by atoms with Gasteiger partial charge in [0.25, 0.3) is 0 Å². The average Bonchev–Trinajstić information content (AvgIpc) is 2.78. The first-order valence-electron chi connectivity index (χ1n) is 9.36. The van der Waals surface area contributed by atoms with Gasteiger partial charge in [0.05, 0.1) is 15.9 Å². The van der Waals surface area contributed by atoms with Gasteiger partial charge in [-0.1, -0.05) is 48.0 Å². The summed E-state index contributed by atoms with van der Waals surface area (Å²) in [7, 11) is -0.169. The van der Waals surface area contributed by atoms with Crippen molar-refractivity contribution in [2.75, 3.05) is 6.79 Å². The minimum atomic E-state index is -0.169. The Morgan fingerprint density at radius 1 is 0.667 bits per heavy atom. The molecule has 0 aliphatic carbocycles. The van der Waals surface area contributed by atoms with E-state index in [9.17, 15) is 0 Å². The van der Waals surface area contributed by atoms with Crippen LogP contribution in [0.5, 0.6) is 11.5 Å². The maximum absolute atomic E-state index is 6.20. The fraction of sp³-hybridized carbons (Fsp3) is 0.0400. The summed E-state index contributed by atoms with van der Waals surface area (Å²) < 4.78 is 12.5. The maximum atomic E-state index is 6.20. The zero-order valence-electron chi connectivity index (χ0n) is 16.0. The Hall–Kier alpha value is -2.15. The van der Waals surface area contributed by atoms with Gasteiger partial charge in [-0.05, 0) is 89.3 Å². The summed E-state index contributed by atoms with van der Waals surface area (Å²) in [5.74, 6) is 1.37. The van der Waals surface area contributed by atoms with Gasteiger partial charge in [0.2, 0.25) is 6.79 Å². The van der Waals surface area contributed by atoms with Crippen LogP contribution in [-0.2, 0) is 10.9 Å². The van der Waals surface area contributed by atoms with E-state index in [1.54, 1.807) is 0 Å². The SMILES string of the molecule is Clc1cc(I)ccc1OCOc1ccc([S+](c2ccccc2)c2ccccc2)cc1. The Bertz CT molecular complexity index is 1050. The summed E-state index contributed by atoms with van der Waals surface area (Å²) in [5, 5.41) is 0.579. The number of rotatable bonds is 7. The molecule has 5 heteroatoms. The van der Waals surface area contributed by atoms with Crippen LogP contribution in [0.2, 0.25) is 5.02 Å². The molecule has 0 radical (unpaired) electrons. The molecule has 0 fully saturated rings. The first kappa shape index (κ1) is 21.1. The molecule has 4 rings (SSSR count). The van der Waals surface area contributed by atoms with Gasteiger partial charge >= 0.3 is 0 Å². The quantitative estimate of drug-likeness (QED) is 0.136. The van der Waals surface area contributed by atoms with E-state index in [4.69, 9.17) is 21.1 Å². The van der Waals surface area contributed by atoms with Gasteiger partial charge < -0.3 is 9.47 Å². The number of benzene rings is 4. The molecule has 0 amide bonds. The molecule has 0 aromatic heterocycles. The third kappa shape index (κ3) is 5.31. The van der Waals surface area contributed by atoms with E-state index in [0.29, 0.717) is 10.8 Å². The molecule has 150 valence electrons. The van der Waals surface area contributed by atoms with Crippen molar-refractivity contribution in [2.24, 2.45) is 0 Å². The van der Waals surface area contributed by atoms with E-state index in [1.165, 1.54) is 14.7 Å². The van der Waals surface area contributed by atoms with E-state index in [-0.39, 0.29) is 17.7 Å². The van der Waals surface area contributed by atoms with Crippen molar-refractivity contribution < 1.29 is 9.47 Å². The third-order valence-electron chi connectivity index (χ3n) is 4.35. The zero-order chi connectivity index (χ0) is 20.8. The first-order chi connectivity index (χ1) is 14.7. The molecule has 0 unspecified atom stereocenters. The highest BCUT2D eigenvalue weighted by Crippen LogP contribution is 2.32. The predicted molar refractivity (Wildman–Crippen MR) is 132 cm³/mol. The number of ether oxygens (including phenoxy) is 2. The highest BCUT2D eigenvalue weighted by Gasteiger charge is 2.28. The Balaban J connectivity index is 1.48. The van der Waals surface area contributed by atoms with Crippen LogP contribution in [0, 0.1) is 3.57 Å². The molecule has 0 heterocycles. The zero-order valence-corrected chi connectivity index (χ0v) is 19.7. The van der Waals surface area contributed by atoms with Gasteiger partial charge in [-0.25, -0.2) is 0 Å². The summed E-state index contributed by atoms with van der Waals surface area (Å²) in [5.41, 5.74) is 0.